The van der Waals surface area contributed by atoms with Gasteiger partial charge in [0.1, 0.15) is 0 Å². The number of carbonyl (C=O) groups is 1. The minimum Gasteiger partial charge on any atom is -0.478 e. The molecule has 0 bridgehead atoms. The van der Waals surface area contributed by atoms with E-state index in [1.165, 1.54) is 0 Å². The topological polar surface area (TPSA) is 75.3 Å². The van der Waals surface area contributed by atoms with E-state index in [1.807, 2.05) is 6.92 Å². The van der Waals surface area contributed by atoms with Gasteiger partial charge in [0.2, 0.25) is 0 Å². The van der Waals surface area contributed by atoms with Crippen molar-refractivity contribution in [3.8, 4) is 0 Å². The molecule has 1 unspecified atom stereocenters. The van der Waals surface area contributed by atoms with Crippen LogP contribution in [0, 0.1) is 0 Å². The Morgan fingerprint density at radius 3 is 2.46 bits per heavy atom. The number of hydrogen-bond acceptors (Lipinski definition) is 3. The van der Waals surface area contributed by atoms with Crippen LogP contribution in [0.2, 0.25) is 0 Å². The summed E-state index contributed by atoms with van der Waals surface area (Å²) in [6, 6.07) is 0. The van der Waals surface area contributed by atoms with E-state index in [1.54, 1.807) is 13.8 Å². The van der Waals surface area contributed by atoms with Crippen molar-refractivity contribution in [2.24, 2.45) is 5.73 Å². The second-order valence-corrected chi connectivity index (χ2v) is 3.09. The fraction of sp³-hybridized carbons (Fsp3) is 0.667. The van der Waals surface area contributed by atoms with Gasteiger partial charge in [-0.05, 0) is 20.3 Å². The van der Waals surface area contributed by atoms with E-state index in [4.69, 9.17) is 10.8 Å². The van der Waals surface area contributed by atoms with Crippen LogP contribution in [0.4, 0.5) is 0 Å². The Hall–Kier alpha value is -1.03. The number of nitrogens with two attached hydrogens (primary N) is 1. The van der Waals surface area contributed by atoms with Crippen LogP contribution in [0.3, 0.4) is 0 Å². The van der Waals surface area contributed by atoms with Crippen LogP contribution in [-0.2, 0) is 4.79 Å². The number of nitrogens with one attached hydrogen (secondary N) is 1. The zero-order chi connectivity index (χ0) is 10.4. The quantitative estimate of drug-likeness (QED) is 0.443. The normalized spacial score (nSPS) is 14.8. The highest BCUT2D eigenvalue weighted by molar-refractivity contribution is 5.86. The summed E-state index contributed by atoms with van der Waals surface area (Å²) in [7, 11) is 0. The Bertz CT molecular complexity index is 210. The first-order valence-electron chi connectivity index (χ1n) is 4.44. The van der Waals surface area contributed by atoms with E-state index >= 15 is 0 Å². The van der Waals surface area contributed by atoms with Crippen LogP contribution in [0.1, 0.15) is 33.6 Å². The van der Waals surface area contributed by atoms with Crippen LogP contribution in [0.25, 0.3) is 0 Å². The van der Waals surface area contributed by atoms with Gasteiger partial charge in [0, 0.05) is 5.70 Å². The average molecular weight is 186 g/mol. The van der Waals surface area contributed by atoms with Gasteiger partial charge in [-0.15, -0.1) is 0 Å². The summed E-state index contributed by atoms with van der Waals surface area (Å²) in [6.07, 6.45) is 1.41. The van der Waals surface area contributed by atoms with Crippen molar-refractivity contribution in [1.29, 1.82) is 0 Å². The number of rotatable bonds is 5. The van der Waals surface area contributed by atoms with E-state index in [0.29, 0.717) is 5.57 Å². The fourth-order valence-corrected chi connectivity index (χ4v) is 1.02. The van der Waals surface area contributed by atoms with Crippen molar-refractivity contribution in [3.63, 3.8) is 0 Å². The molecule has 0 aliphatic carbocycles. The Morgan fingerprint density at radius 1 is 1.62 bits per heavy atom. The summed E-state index contributed by atoms with van der Waals surface area (Å²) in [5.74, 6) is -0.892. The molecule has 0 aromatic rings. The Labute approximate surface area is 78.8 Å². The predicted octanol–water partition coefficient (Wildman–Crippen LogP) is 1.04. The Balaban J connectivity index is 4.56. The molecular formula is C9H18N2O2. The second-order valence-electron chi connectivity index (χ2n) is 3.09. The fourth-order valence-electron chi connectivity index (χ4n) is 1.02. The van der Waals surface area contributed by atoms with Gasteiger partial charge in [-0.3, -0.25) is 0 Å². The van der Waals surface area contributed by atoms with Crippen molar-refractivity contribution >= 4 is 5.97 Å². The summed E-state index contributed by atoms with van der Waals surface area (Å²) < 4.78 is 0. The second kappa shape index (κ2) is 5.59. The molecule has 0 aliphatic rings. The molecule has 4 N–H and O–H groups in total. The standard InChI is InChI=1S/C9H18N2O2/c1-4-5-8(11-7(3)10)6(2)9(12)13/h7,11H,4-5,10H2,1-3H3,(H,12,13)/b8-6+. The smallest absolute Gasteiger partial charge is 0.333 e. The Kier molecular flexibility index (Phi) is 5.14. The van der Waals surface area contributed by atoms with Crippen LogP contribution < -0.4 is 11.1 Å². The maximum absolute atomic E-state index is 10.7. The molecular weight excluding hydrogens is 168 g/mol. The molecule has 0 aromatic carbocycles. The van der Waals surface area contributed by atoms with Gasteiger partial charge in [-0.25, -0.2) is 4.79 Å². The van der Waals surface area contributed by atoms with Crippen molar-refractivity contribution < 1.29 is 9.90 Å². The summed E-state index contributed by atoms with van der Waals surface area (Å²) in [5.41, 5.74) is 6.60. The van der Waals surface area contributed by atoms with Crippen LogP contribution in [0.15, 0.2) is 11.3 Å². The molecule has 0 saturated heterocycles. The highest BCUT2D eigenvalue weighted by atomic mass is 16.4. The van der Waals surface area contributed by atoms with Crippen LogP contribution in [0.5, 0.6) is 0 Å². The zero-order valence-electron chi connectivity index (χ0n) is 8.42. The highest BCUT2D eigenvalue weighted by Crippen LogP contribution is 2.08. The number of hydrogen-bond donors (Lipinski definition) is 3. The van der Waals surface area contributed by atoms with Crippen molar-refractivity contribution in [2.75, 3.05) is 0 Å². The van der Waals surface area contributed by atoms with E-state index < -0.39 is 5.97 Å². The lowest BCUT2D eigenvalue weighted by atomic mass is 10.1. The first-order chi connectivity index (χ1) is 5.99. The van der Waals surface area contributed by atoms with Crippen LogP contribution in [-0.4, -0.2) is 17.2 Å². The van der Waals surface area contributed by atoms with Crippen molar-refractivity contribution in [2.45, 2.75) is 39.8 Å². The van der Waals surface area contributed by atoms with E-state index in [9.17, 15) is 4.79 Å². The lowest BCUT2D eigenvalue weighted by Crippen LogP contribution is -2.34. The third-order valence-electron chi connectivity index (χ3n) is 1.68. The lowest BCUT2D eigenvalue weighted by Gasteiger charge is -2.15. The summed E-state index contributed by atoms with van der Waals surface area (Å²) in [6.45, 7) is 5.37. The first kappa shape index (κ1) is 12.0. The van der Waals surface area contributed by atoms with Gasteiger partial charge in [0.25, 0.3) is 0 Å². The van der Waals surface area contributed by atoms with Crippen LogP contribution >= 0.6 is 0 Å². The van der Waals surface area contributed by atoms with Gasteiger partial charge in [0.15, 0.2) is 0 Å². The van der Waals surface area contributed by atoms with E-state index in [0.717, 1.165) is 18.5 Å². The summed E-state index contributed by atoms with van der Waals surface area (Å²) in [5, 5.41) is 11.7. The van der Waals surface area contributed by atoms with Crippen molar-refractivity contribution in [1.82, 2.24) is 5.32 Å². The lowest BCUT2D eigenvalue weighted by molar-refractivity contribution is -0.132. The van der Waals surface area contributed by atoms with Gasteiger partial charge in [-0.2, -0.15) is 0 Å². The minimum absolute atomic E-state index is 0.212. The van der Waals surface area contributed by atoms with Gasteiger partial charge in [0.05, 0.1) is 11.7 Å². The molecule has 0 fully saturated rings. The molecule has 0 spiro atoms. The molecule has 4 nitrogen and oxygen atoms in total. The van der Waals surface area contributed by atoms with Gasteiger partial charge in [-0.1, -0.05) is 13.3 Å². The predicted molar refractivity (Wildman–Crippen MR) is 52.0 cm³/mol. The van der Waals surface area contributed by atoms with Crippen molar-refractivity contribution in [3.05, 3.63) is 11.3 Å². The number of carboxylic acid groups (broad SMARTS) is 1. The monoisotopic (exact) mass is 186 g/mol. The molecule has 76 valence electrons. The average Bonchev–Trinajstić information content (AvgIpc) is 2.01. The van der Waals surface area contributed by atoms with E-state index in [2.05, 4.69) is 5.32 Å². The third kappa shape index (κ3) is 4.52. The molecule has 0 radical (unpaired) electrons. The van der Waals surface area contributed by atoms with Gasteiger partial charge < -0.3 is 16.2 Å². The SMILES string of the molecule is CCC/C(NC(C)N)=C(/C)C(=O)O. The maximum atomic E-state index is 10.7. The number of carboxylic acids is 1. The molecule has 0 aliphatic heterocycles. The number of aliphatic carboxylic acids is 1. The molecule has 13 heavy (non-hydrogen) atoms. The third-order valence-corrected chi connectivity index (χ3v) is 1.68. The molecule has 0 aromatic heterocycles. The molecule has 0 amide bonds. The van der Waals surface area contributed by atoms with Gasteiger partial charge >= 0.3 is 5.97 Å². The molecule has 0 heterocycles. The molecule has 1 atom stereocenters. The minimum atomic E-state index is -0.892. The largest absolute Gasteiger partial charge is 0.478 e. The number of allylic oxidation sites excluding steroid dienone is 1. The summed E-state index contributed by atoms with van der Waals surface area (Å²) >= 11 is 0. The first-order valence-corrected chi connectivity index (χ1v) is 4.44. The molecule has 0 saturated carbocycles. The maximum Gasteiger partial charge on any atom is 0.333 e. The summed E-state index contributed by atoms with van der Waals surface area (Å²) in [4.78, 5) is 10.7. The zero-order valence-corrected chi connectivity index (χ0v) is 8.42. The Morgan fingerprint density at radius 2 is 2.15 bits per heavy atom. The highest BCUT2D eigenvalue weighted by Gasteiger charge is 2.09. The van der Waals surface area contributed by atoms with E-state index in [-0.39, 0.29) is 6.17 Å². The molecule has 0 rings (SSSR count). The molecule has 4 heteroatoms.